The Morgan fingerprint density at radius 1 is 0.809 bits per heavy atom. The molecule has 3 aliphatic heterocycles. The van der Waals surface area contributed by atoms with Crippen LogP contribution in [0.25, 0.3) is 11.1 Å². The zero-order valence-corrected chi connectivity index (χ0v) is 28.2. The van der Waals surface area contributed by atoms with E-state index in [1.54, 1.807) is 24.3 Å². The van der Waals surface area contributed by atoms with E-state index in [1.807, 2.05) is 53.4 Å². The molecule has 4 atom stereocenters. The predicted octanol–water partition coefficient (Wildman–Crippen LogP) is 6.37. The molecular formula is C37H44ClN3O5S. The molecule has 3 aromatic rings. The van der Waals surface area contributed by atoms with Gasteiger partial charge in [0.15, 0.2) is 0 Å². The molecule has 250 valence electrons. The predicted molar refractivity (Wildman–Crippen MR) is 183 cm³/mol. The maximum absolute atomic E-state index is 14.1. The molecule has 2 aliphatic carbocycles. The van der Waals surface area contributed by atoms with E-state index in [2.05, 4.69) is 0 Å². The van der Waals surface area contributed by atoms with Crippen molar-refractivity contribution >= 4 is 27.5 Å². The summed E-state index contributed by atoms with van der Waals surface area (Å²) >= 11 is 6.05. The number of halogens is 1. The Labute approximate surface area is 283 Å². The lowest BCUT2D eigenvalue weighted by molar-refractivity contribution is -0.145. The molecule has 5 fully saturated rings. The number of rotatable bonds is 9. The molecule has 3 saturated heterocycles. The molecule has 2 N–H and O–H groups in total. The van der Waals surface area contributed by atoms with E-state index in [0.29, 0.717) is 48.6 Å². The largest absolute Gasteiger partial charge is 0.493 e. The van der Waals surface area contributed by atoms with Gasteiger partial charge in [0.2, 0.25) is 15.9 Å². The van der Waals surface area contributed by atoms with Crippen molar-refractivity contribution < 1.29 is 22.7 Å². The lowest BCUT2D eigenvalue weighted by atomic mass is 9.66. The Morgan fingerprint density at radius 2 is 1.43 bits per heavy atom. The van der Waals surface area contributed by atoms with Gasteiger partial charge in [-0.1, -0.05) is 55.1 Å². The van der Waals surface area contributed by atoms with E-state index in [4.69, 9.17) is 26.8 Å². The van der Waals surface area contributed by atoms with Gasteiger partial charge in [0, 0.05) is 37.1 Å². The zero-order valence-electron chi connectivity index (χ0n) is 26.7. The van der Waals surface area contributed by atoms with Gasteiger partial charge >= 0.3 is 0 Å². The molecule has 0 spiro atoms. The van der Waals surface area contributed by atoms with Gasteiger partial charge in [-0.3, -0.25) is 4.79 Å². The summed E-state index contributed by atoms with van der Waals surface area (Å²) in [6.07, 6.45) is 7.61. The van der Waals surface area contributed by atoms with Crippen molar-refractivity contribution in [2.24, 2.45) is 23.5 Å². The van der Waals surface area contributed by atoms with E-state index in [1.165, 1.54) is 36.4 Å². The first-order chi connectivity index (χ1) is 22.7. The highest BCUT2D eigenvalue weighted by Crippen LogP contribution is 2.40. The van der Waals surface area contributed by atoms with Crippen LogP contribution in [0.5, 0.6) is 11.5 Å². The molecule has 1 amide bonds. The molecule has 2 bridgehead atoms. The van der Waals surface area contributed by atoms with E-state index < -0.39 is 16.1 Å². The number of amides is 1. The molecule has 3 aromatic carbocycles. The third-order valence-corrected chi connectivity index (χ3v) is 12.9. The quantitative estimate of drug-likeness (QED) is 0.282. The molecule has 0 aromatic heterocycles. The molecule has 5 aliphatic rings. The second kappa shape index (κ2) is 13.8. The normalized spacial score (nSPS) is 26.8. The van der Waals surface area contributed by atoms with Crippen LogP contribution < -0.4 is 15.2 Å². The highest BCUT2D eigenvalue weighted by molar-refractivity contribution is 7.89. The molecule has 2 saturated carbocycles. The summed E-state index contributed by atoms with van der Waals surface area (Å²) in [7, 11) is -3.96. The fourth-order valence-corrected chi connectivity index (χ4v) is 9.55. The van der Waals surface area contributed by atoms with Crippen LogP contribution in [-0.4, -0.2) is 68.0 Å². The number of piperidine rings is 3. The number of carbonyl (C=O) groups excluding carboxylic acids is 1. The Kier molecular flexibility index (Phi) is 9.51. The van der Waals surface area contributed by atoms with Crippen LogP contribution in [0.15, 0.2) is 77.7 Å². The molecule has 8 rings (SSSR count). The number of carbonyl (C=O) groups is 1. The van der Waals surface area contributed by atoms with E-state index in [-0.39, 0.29) is 47.7 Å². The highest BCUT2D eigenvalue weighted by atomic mass is 35.5. The smallest absolute Gasteiger partial charge is 0.243 e. The van der Waals surface area contributed by atoms with Crippen molar-refractivity contribution in [3.63, 3.8) is 0 Å². The summed E-state index contributed by atoms with van der Waals surface area (Å²) in [4.78, 5) is 16.1. The van der Waals surface area contributed by atoms with E-state index in [0.717, 1.165) is 17.5 Å². The van der Waals surface area contributed by atoms with E-state index in [9.17, 15) is 13.2 Å². The van der Waals surface area contributed by atoms with Crippen molar-refractivity contribution in [3.8, 4) is 22.6 Å². The number of ether oxygens (including phenoxy) is 2. The van der Waals surface area contributed by atoms with Gasteiger partial charge < -0.3 is 20.1 Å². The molecule has 3 heterocycles. The first-order valence-electron chi connectivity index (χ1n) is 17.1. The van der Waals surface area contributed by atoms with Crippen molar-refractivity contribution in [2.75, 3.05) is 26.2 Å². The summed E-state index contributed by atoms with van der Waals surface area (Å²) < 4.78 is 42.1. The fraction of sp³-hybridized carbons (Fsp3) is 0.486. The van der Waals surface area contributed by atoms with Gasteiger partial charge in [0.05, 0.1) is 11.5 Å². The number of nitrogens with two attached hydrogens (primary N) is 1. The summed E-state index contributed by atoms with van der Waals surface area (Å²) in [6.45, 7) is 1.99. The third-order valence-electron chi connectivity index (χ3n) is 10.7. The minimum absolute atomic E-state index is 0.121. The van der Waals surface area contributed by atoms with Crippen LogP contribution in [0.4, 0.5) is 0 Å². The van der Waals surface area contributed by atoms with Gasteiger partial charge in [0.1, 0.15) is 23.6 Å². The van der Waals surface area contributed by atoms with Crippen LogP contribution in [0, 0.1) is 17.8 Å². The number of sulfonamides is 1. The number of hydrogen-bond donors (Lipinski definition) is 1. The zero-order chi connectivity index (χ0) is 32.5. The van der Waals surface area contributed by atoms with Gasteiger partial charge in [-0.05, 0) is 103 Å². The maximum atomic E-state index is 14.1. The standard InChI is InChI=1S/C37H44ClN3O5S/c38-30-10-6-26(7-11-30)27-8-12-32(13-9-27)46-33-18-19-41(35(21-33)37(42)40-22-28-20-29(23-40)36(28)39)47(43,44)34-16-14-31(15-17-34)45-24-25-4-2-1-3-5-25/h6-17,25,28-29,33,35-36H,1-5,18-24,39H2/t28?,29?,33-,35-,36?/m1/s1. The number of fused-ring (bicyclic) bond motifs is 2. The summed E-state index contributed by atoms with van der Waals surface area (Å²) in [5.41, 5.74) is 8.39. The molecule has 8 nitrogen and oxygen atoms in total. The van der Waals surface area contributed by atoms with Crippen molar-refractivity contribution in [1.29, 1.82) is 0 Å². The summed E-state index contributed by atoms with van der Waals surface area (Å²) in [6, 6.07) is 21.4. The first kappa shape index (κ1) is 32.4. The second-order valence-corrected chi connectivity index (χ2v) is 16.1. The number of benzene rings is 3. The molecule has 10 heteroatoms. The van der Waals surface area contributed by atoms with Gasteiger partial charge in [-0.15, -0.1) is 0 Å². The molecule has 2 unspecified atom stereocenters. The van der Waals surface area contributed by atoms with Crippen molar-refractivity contribution in [1.82, 2.24) is 9.21 Å². The van der Waals surface area contributed by atoms with Crippen LogP contribution >= 0.6 is 11.6 Å². The Balaban J connectivity index is 1.06. The highest BCUT2D eigenvalue weighted by Gasteiger charge is 2.49. The topological polar surface area (TPSA) is 102 Å². The molecule has 47 heavy (non-hydrogen) atoms. The van der Waals surface area contributed by atoms with Gasteiger partial charge in [0.25, 0.3) is 0 Å². The Bertz CT molecular complexity index is 1630. The average molecular weight is 678 g/mol. The van der Waals surface area contributed by atoms with Crippen LogP contribution in [-0.2, 0) is 14.8 Å². The fourth-order valence-electron chi connectivity index (χ4n) is 7.82. The number of hydrogen-bond acceptors (Lipinski definition) is 6. The monoisotopic (exact) mass is 677 g/mol. The Hall–Kier alpha value is -3.11. The van der Waals surface area contributed by atoms with Crippen LogP contribution in [0.3, 0.4) is 0 Å². The molecule has 0 radical (unpaired) electrons. The lowest BCUT2D eigenvalue weighted by Crippen LogP contribution is -2.66. The van der Waals surface area contributed by atoms with Crippen LogP contribution in [0.1, 0.15) is 51.4 Å². The minimum atomic E-state index is -3.96. The van der Waals surface area contributed by atoms with Crippen molar-refractivity contribution in [2.45, 2.75) is 74.4 Å². The minimum Gasteiger partial charge on any atom is -0.493 e. The SMILES string of the molecule is NC1C2CC1CN(C(=O)[C@H]1C[C@H](Oc3ccc(-c4ccc(Cl)cc4)cc3)CCN1S(=O)(=O)c1ccc(OCC3CCCCC3)cc1)C2. The van der Waals surface area contributed by atoms with Crippen LogP contribution in [0.2, 0.25) is 5.02 Å². The van der Waals surface area contributed by atoms with Crippen molar-refractivity contribution in [3.05, 3.63) is 77.8 Å². The average Bonchev–Trinajstić information content (AvgIpc) is 3.11. The maximum Gasteiger partial charge on any atom is 0.243 e. The Morgan fingerprint density at radius 3 is 2.06 bits per heavy atom. The third kappa shape index (κ3) is 7.05. The first-order valence-corrected chi connectivity index (χ1v) is 18.9. The molecular weight excluding hydrogens is 634 g/mol. The second-order valence-electron chi connectivity index (χ2n) is 13.8. The van der Waals surface area contributed by atoms with Gasteiger partial charge in [-0.25, -0.2) is 8.42 Å². The summed E-state index contributed by atoms with van der Waals surface area (Å²) in [5, 5.41) is 0.687. The lowest BCUT2D eigenvalue weighted by Gasteiger charge is -2.53. The number of nitrogens with zero attached hydrogens (tertiary/aromatic N) is 2. The summed E-state index contributed by atoms with van der Waals surface area (Å²) in [5.74, 6) is 2.30. The van der Waals surface area contributed by atoms with Gasteiger partial charge in [-0.2, -0.15) is 4.31 Å². The van der Waals surface area contributed by atoms with E-state index >= 15 is 0 Å².